The van der Waals surface area contributed by atoms with Crippen LogP contribution in [0.2, 0.25) is 0 Å². The van der Waals surface area contributed by atoms with Crippen LogP contribution in [0.3, 0.4) is 0 Å². The summed E-state index contributed by atoms with van der Waals surface area (Å²) in [5.41, 5.74) is 10.8. The van der Waals surface area contributed by atoms with Gasteiger partial charge in [-0.05, 0) is 53.8 Å². The molecule has 28 heavy (non-hydrogen) atoms. The Morgan fingerprint density at radius 1 is 1.07 bits per heavy atom. The van der Waals surface area contributed by atoms with Crippen LogP contribution >= 0.6 is 0 Å². The van der Waals surface area contributed by atoms with Gasteiger partial charge in [-0.2, -0.15) is 0 Å². The Hall–Kier alpha value is -2.92. The Labute approximate surface area is 167 Å². The highest BCUT2D eigenvalue weighted by molar-refractivity contribution is 5.95. The molecule has 0 saturated heterocycles. The number of hydrogen-bond acceptors (Lipinski definition) is 4. The summed E-state index contributed by atoms with van der Waals surface area (Å²) in [4.78, 5) is 16.3. The summed E-state index contributed by atoms with van der Waals surface area (Å²) in [5, 5.41) is 2.86. The molecule has 0 aliphatic rings. The van der Waals surface area contributed by atoms with Gasteiger partial charge in [0.25, 0.3) is 0 Å². The zero-order valence-electron chi connectivity index (χ0n) is 17.2. The number of anilines is 1. The minimum absolute atomic E-state index is 0.0925. The standard InChI is InChI=1S/C21H23N3O2.C2H6/c1-13(2)19(22)20(25)24-17-8-6-15(7-9-17)18-12-16(5-4-14(18)3)21-23-10-11-26-21;1-2/h4-13,19H,22H2,1-3H3,(H,24,25);1-2H3/t19-;/m0./s1. The first-order valence-electron chi connectivity index (χ1n) is 9.63. The lowest BCUT2D eigenvalue weighted by Crippen LogP contribution is -2.39. The van der Waals surface area contributed by atoms with Crippen LogP contribution in [-0.4, -0.2) is 16.9 Å². The van der Waals surface area contributed by atoms with Crippen molar-refractivity contribution in [3.63, 3.8) is 0 Å². The topological polar surface area (TPSA) is 81.2 Å². The highest BCUT2D eigenvalue weighted by atomic mass is 16.3. The number of rotatable bonds is 5. The molecule has 1 heterocycles. The van der Waals surface area contributed by atoms with Gasteiger partial charge in [-0.3, -0.25) is 4.79 Å². The first-order chi connectivity index (χ1) is 13.5. The average molecular weight is 380 g/mol. The molecule has 5 heteroatoms. The highest BCUT2D eigenvalue weighted by Gasteiger charge is 2.17. The minimum atomic E-state index is -0.519. The molecule has 5 nitrogen and oxygen atoms in total. The monoisotopic (exact) mass is 379 g/mol. The van der Waals surface area contributed by atoms with E-state index in [2.05, 4.69) is 23.3 Å². The number of oxazole rings is 1. The van der Waals surface area contributed by atoms with Crippen molar-refractivity contribution in [1.82, 2.24) is 4.98 Å². The fraction of sp³-hybridized carbons (Fsp3) is 0.304. The number of carbonyl (C=O) groups is 1. The van der Waals surface area contributed by atoms with Crippen LogP contribution in [0.5, 0.6) is 0 Å². The number of benzene rings is 2. The maximum atomic E-state index is 12.1. The molecule has 3 rings (SSSR count). The second-order valence-electron chi connectivity index (χ2n) is 6.70. The fourth-order valence-corrected chi connectivity index (χ4v) is 2.69. The number of amides is 1. The highest BCUT2D eigenvalue weighted by Crippen LogP contribution is 2.29. The third kappa shape index (κ3) is 5.08. The van der Waals surface area contributed by atoms with E-state index in [9.17, 15) is 4.79 Å². The van der Waals surface area contributed by atoms with Crippen molar-refractivity contribution in [1.29, 1.82) is 0 Å². The zero-order valence-corrected chi connectivity index (χ0v) is 17.2. The van der Waals surface area contributed by atoms with Crippen molar-refractivity contribution in [2.75, 3.05) is 5.32 Å². The van der Waals surface area contributed by atoms with Crippen LogP contribution in [0.15, 0.2) is 59.3 Å². The molecule has 0 unspecified atom stereocenters. The number of aryl methyl sites for hydroxylation is 1. The smallest absolute Gasteiger partial charge is 0.241 e. The minimum Gasteiger partial charge on any atom is -0.445 e. The van der Waals surface area contributed by atoms with Crippen LogP contribution in [0.1, 0.15) is 33.3 Å². The second kappa shape index (κ2) is 9.85. The third-order valence-electron chi connectivity index (χ3n) is 4.40. The first-order valence-corrected chi connectivity index (χ1v) is 9.63. The zero-order chi connectivity index (χ0) is 20.7. The molecule has 0 aliphatic carbocycles. The molecule has 0 aliphatic heterocycles. The van der Waals surface area contributed by atoms with Crippen LogP contribution in [0.4, 0.5) is 5.69 Å². The number of nitrogens with zero attached hydrogens (tertiary/aromatic N) is 1. The Bertz CT molecular complexity index is 885. The van der Waals surface area contributed by atoms with Gasteiger partial charge in [0.15, 0.2) is 0 Å². The molecule has 1 amide bonds. The molecular formula is C23H29N3O2. The maximum Gasteiger partial charge on any atom is 0.241 e. The number of nitrogens with two attached hydrogens (primary N) is 1. The van der Waals surface area contributed by atoms with Gasteiger partial charge >= 0.3 is 0 Å². The Kier molecular flexibility index (Phi) is 7.52. The van der Waals surface area contributed by atoms with Crippen molar-refractivity contribution >= 4 is 11.6 Å². The molecule has 3 N–H and O–H groups in total. The SMILES string of the molecule is CC.Cc1ccc(-c2ncco2)cc1-c1ccc(NC(=O)[C@@H](N)C(C)C)cc1. The predicted octanol–water partition coefficient (Wildman–Crippen LogP) is 5.27. The number of aromatic nitrogens is 1. The van der Waals surface area contributed by atoms with Gasteiger partial charge in [0.2, 0.25) is 11.8 Å². The van der Waals surface area contributed by atoms with E-state index in [-0.39, 0.29) is 11.8 Å². The summed E-state index contributed by atoms with van der Waals surface area (Å²) in [6, 6.07) is 13.3. The molecule has 1 atom stereocenters. The second-order valence-corrected chi connectivity index (χ2v) is 6.70. The number of carbonyl (C=O) groups excluding carboxylic acids is 1. The molecule has 0 radical (unpaired) electrons. The van der Waals surface area contributed by atoms with Crippen LogP contribution in [0, 0.1) is 12.8 Å². The van der Waals surface area contributed by atoms with E-state index in [0.717, 1.165) is 27.9 Å². The summed E-state index contributed by atoms with van der Waals surface area (Å²) in [5.74, 6) is 0.516. The Morgan fingerprint density at radius 3 is 2.29 bits per heavy atom. The van der Waals surface area contributed by atoms with Gasteiger partial charge in [0.1, 0.15) is 6.26 Å². The Morgan fingerprint density at radius 2 is 1.71 bits per heavy atom. The summed E-state index contributed by atoms with van der Waals surface area (Å²) in [7, 11) is 0. The number of hydrogen-bond donors (Lipinski definition) is 2. The summed E-state index contributed by atoms with van der Waals surface area (Å²) in [6.07, 6.45) is 3.20. The van der Waals surface area contributed by atoms with Gasteiger partial charge in [-0.15, -0.1) is 0 Å². The lowest BCUT2D eigenvalue weighted by atomic mass is 9.97. The average Bonchev–Trinajstić information content (AvgIpc) is 3.25. The molecule has 148 valence electrons. The molecule has 0 bridgehead atoms. The summed E-state index contributed by atoms with van der Waals surface area (Å²) >= 11 is 0. The van der Waals surface area contributed by atoms with E-state index < -0.39 is 6.04 Å². The van der Waals surface area contributed by atoms with E-state index in [1.807, 2.05) is 64.1 Å². The van der Waals surface area contributed by atoms with Crippen molar-refractivity contribution in [2.24, 2.45) is 11.7 Å². The van der Waals surface area contributed by atoms with Crippen LogP contribution < -0.4 is 11.1 Å². The third-order valence-corrected chi connectivity index (χ3v) is 4.40. The number of nitrogens with one attached hydrogen (secondary N) is 1. The van der Waals surface area contributed by atoms with Crippen LogP contribution in [-0.2, 0) is 4.79 Å². The van der Waals surface area contributed by atoms with Gasteiger partial charge in [-0.1, -0.05) is 45.9 Å². The largest absolute Gasteiger partial charge is 0.445 e. The normalized spacial score (nSPS) is 11.5. The van der Waals surface area contributed by atoms with Gasteiger partial charge < -0.3 is 15.5 Å². The fourth-order valence-electron chi connectivity index (χ4n) is 2.69. The van der Waals surface area contributed by atoms with E-state index >= 15 is 0 Å². The summed E-state index contributed by atoms with van der Waals surface area (Å²) < 4.78 is 5.38. The van der Waals surface area contributed by atoms with E-state index in [4.69, 9.17) is 10.2 Å². The molecule has 1 aromatic heterocycles. The lowest BCUT2D eigenvalue weighted by molar-refractivity contribution is -0.118. The van der Waals surface area contributed by atoms with E-state index in [1.165, 1.54) is 0 Å². The van der Waals surface area contributed by atoms with Gasteiger partial charge in [-0.25, -0.2) is 4.98 Å². The van der Waals surface area contributed by atoms with E-state index in [0.29, 0.717) is 5.89 Å². The molecule has 0 fully saturated rings. The van der Waals surface area contributed by atoms with E-state index in [1.54, 1.807) is 12.5 Å². The lowest BCUT2D eigenvalue weighted by Gasteiger charge is -2.15. The van der Waals surface area contributed by atoms with Crippen molar-refractivity contribution < 1.29 is 9.21 Å². The molecule has 0 saturated carbocycles. The van der Waals surface area contributed by atoms with Gasteiger partial charge in [0, 0.05) is 11.3 Å². The summed E-state index contributed by atoms with van der Waals surface area (Å²) in [6.45, 7) is 9.92. The molecular weight excluding hydrogens is 350 g/mol. The predicted molar refractivity (Wildman–Crippen MR) is 115 cm³/mol. The maximum absolute atomic E-state index is 12.1. The van der Waals surface area contributed by atoms with Gasteiger partial charge in [0.05, 0.1) is 12.2 Å². The quantitative estimate of drug-likeness (QED) is 0.633. The van der Waals surface area contributed by atoms with Crippen molar-refractivity contribution in [2.45, 2.75) is 40.7 Å². The molecule has 2 aromatic carbocycles. The molecule has 3 aromatic rings. The molecule has 0 spiro atoms. The van der Waals surface area contributed by atoms with Crippen molar-refractivity contribution in [3.05, 3.63) is 60.5 Å². The van der Waals surface area contributed by atoms with Crippen molar-refractivity contribution in [3.8, 4) is 22.6 Å². The Balaban J connectivity index is 0.00000136. The van der Waals surface area contributed by atoms with Crippen LogP contribution in [0.25, 0.3) is 22.6 Å². The first kappa shape index (κ1) is 21.4.